The van der Waals surface area contributed by atoms with E-state index in [-0.39, 0.29) is 6.04 Å². The van der Waals surface area contributed by atoms with E-state index < -0.39 is 18.8 Å². The molecule has 0 fully saturated rings. The van der Waals surface area contributed by atoms with Crippen LogP contribution in [0.5, 0.6) is 0 Å². The van der Waals surface area contributed by atoms with Crippen LogP contribution >= 0.6 is 0 Å². The van der Waals surface area contributed by atoms with Gasteiger partial charge in [-0.05, 0) is 25.8 Å². The first-order valence-electron chi connectivity index (χ1n) is 5.82. The van der Waals surface area contributed by atoms with E-state index in [0.717, 1.165) is 11.1 Å². The third kappa shape index (κ3) is 5.06. The second kappa shape index (κ2) is 6.20. The molecule has 0 aromatic heterocycles. The van der Waals surface area contributed by atoms with Crippen LogP contribution in [0.3, 0.4) is 0 Å². The number of alkyl halides is 3. The lowest BCUT2D eigenvalue weighted by atomic mass is 10.1. The first-order chi connectivity index (χ1) is 8.29. The molecule has 0 saturated heterocycles. The first kappa shape index (κ1) is 15.0. The smallest absolute Gasteiger partial charge is 0.382 e. The van der Waals surface area contributed by atoms with E-state index >= 15 is 0 Å². The molecular weight excluding hydrogens is 243 g/mol. The van der Waals surface area contributed by atoms with Crippen LogP contribution in [-0.4, -0.2) is 30.0 Å². The molecule has 18 heavy (non-hydrogen) atoms. The van der Waals surface area contributed by atoms with Crippen LogP contribution in [0.4, 0.5) is 13.2 Å². The highest BCUT2D eigenvalue weighted by Crippen LogP contribution is 2.19. The Balaban J connectivity index is 2.38. The van der Waals surface area contributed by atoms with Crippen LogP contribution in [-0.2, 0) is 6.42 Å². The van der Waals surface area contributed by atoms with E-state index in [4.69, 9.17) is 5.11 Å². The largest absolute Gasteiger partial charge is 0.415 e. The van der Waals surface area contributed by atoms with Crippen LogP contribution in [0, 0.1) is 6.92 Å². The molecule has 0 heterocycles. The number of rotatable bonds is 5. The molecule has 5 heteroatoms. The Hall–Kier alpha value is -1.07. The summed E-state index contributed by atoms with van der Waals surface area (Å²) >= 11 is 0. The summed E-state index contributed by atoms with van der Waals surface area (Å²) in [6, 6.07) is 7.71. The summed E-state index contributed by atoms with van der Waals surface area (Å²) in [7, 11) is 0. The van der Waals surface area contributed by atoms with Crippen LogP contribution in [0.2, 0.25) is 0 Å². The molecule has 0 aliphatic carbocycles. The van der Waals surface area contributed by atoms with Gasteiger partial charge in [-0.3, -0.25) is 0 Å². The van der Waals surface area contributed by atoms with Gasteiger partial charge in [0.2, 0.25) is 0 Å². The molecule has 0 amide bonds. The van der Waals surface area contributed by atoms with Crippen molar-refractivity contribution in [1.29, 1.82) is 0 Å². The molecule has 0 radical (unpaired) electrons. The van der Waals surface area contributed by atoms with Gasteiger partial charge in [-0.15, -0.1) is 0 Å². The maximum Gasteiger partial charge on any atom is 0.415 e. The summed E-state index contributed by atoms with van der Waals surface area (Å²) in [6.45, 7) is 3.30. The number of nitrogens with one attached hydrogen (secondary N) is 1. The predicted octanol–water partition coefficient (Wildman–Crippen LogP) is 2.44. The van der Waals surface area contributed by atoms with Gasteiger partial charge in [-0.1, -0.05) is 29.8 Å². The van der Waals surface area contributed by atoms with Crippen molar-refractivity contribution in [3.63, 3.8) is 0 Å². The van der Waals surface area contributed by atoms with Crippen molar-refractivity contribution >= 4 is 0 Å². The number of aliphatic hydroxyl groups is 1. The number of benzene rings is 1. The summed E-state index contributed by atoms with van der Waals surface area (Å²) in [5, 5.41) is 11.5. The second-order valence-corrected chi connectivity index (χ2v) is 4.56. The summed E-state index contributed by atoms with van der Waals surface area (Å²) < 4.78 is 36.2. The van der Waals surface area contributed by atoms with Crippen molar-refractivity contribution in [1.82, 2.24) is 5.32 Å². The minimum Gasteiger partial charge on any atom is -0.382 e. The van der Waals surface area contributed by atoms with Gasteiger partial charge in [0, 0.05) is 12.6 Å². The lowest BCUT2D eigenvalue weighted by Crippen LogP contribution is -2.42. The maximum absolute atomic E-state index is 12.1. The normalized spacial score (nSPS) is 15.4. The average molecular weight is 261 g/mol. The molecule has 2 nitrogen and oxygen atoms in total. The molecule has 2 unspecified atom stereocenters. The van der Waals surface area contributed by atoms with Crippen molar-refractivity contribution in [2.75, 3.05) is 6.54 Å². The highest BCUT2D eigenvalue weighted by molar-refractivity contribution is 5.21. The van der Waals surface area contributed by atoms with Gasteiger partial charge >= 0.3 is 6.18 Å². The zero-order valence-corrected chi connectivity index (χ0v) is 10.5. The number of hydrogen-bond acceptors (Lipinski definition) is 2. The SMILES string of the molecule is Cc1ccc(CC(C)NCC(O)C(F)(F)F)cc1. The fourth-order valence-corrected chi connectivity index (χ4v) is 1.58. The molecule has 0 aliphatic rings. The van der Waals surface area contributed by atoms with Gasteiger partial charge in [0.05, 0.1) is 0 Å². The molecule has 2 N–H and O–H groups in total. The van der Waals surface area contributed by atoms with Crippen molar-refractivity contribution in [3.8, 4) is 0 Å². The van der Waals surface area contributed by atoms with Gasteiger partial charge in [0.25, 0.3) is 0 Å². The fraction of sp³-hybridized carbons (Fsp3) is 0.538. The van der Waals surface area contributed by atoms with Crippen LogP contribution in [0.15, 0.2) is 24.3 Å². The number of aliphatic hydroxyl groups excluding tert-OH is 1. The summed E-state index contributed by atoms with van der Waals surface area (Å²) in [5.74, 6) is 0. The van der Waals surface area contributed by atoms with Crippen LogP contribution < -0.4 is 5.32 Å². The maximum atomic E-state index is 12.1. The van der Waals surface area contributed by atoms with E-state index in [1.165, 1.54) is 0 Å². The van der Waals surface area contributed by atoms with Crippen molar-refractivity contribution in [2.24, 2.45) is 0 Å². The van der Waals surface area contributed by atoms with Crippen molar-refractivity contribution in [2.45, 2.75) is 38.6 Å². The van der Waals surface area contributed by atoms with Gasteiger partial charge in [0.15, 0.2) is 6.10 Å². The Bertz CT molecular complexity index is 361. The molecule has 1 rings (SSSR count). The Morgan fingerprint density at radius 2 is 1.78 bits per heavy atom. The summed E-state index contributed by atoms with van der Waals surface area (Å²) in [5.41, 5.74) is 2.20. The molecule has 0 saturated carbocycles. The molecular formula is C13H18F3NO. The molecule has 0 bridgehead atoms. The van der Waals surface area contributed by atoms with E-state index in [2.05, 4.69) is 5.32 Å². The third-order valence-electron chi connectivity index (χ3n) is 2.70. The van der Waals surface area contributed by atoms with E-state index in [0.29, 0.717) is 6.42 Å². The number of halogens is 3. The zero-order valence-electron chi connectivity index (χ0n) is 10.5. The zero-order chi connectivity index (χ0) is 13.8. The van der Waals surface area contributed by atoms with Crippen LogP contribution in [0.1, 0.15) is 18.1 Å². The Morgan fingerprint density at radius 1 is 1.22 bits per heavy atom. The summed E-state index contributed by atoms with van der Waals surface area (Å²) in [6.07, 6.45) is -6.24. The average Bonchev–Trinajstić information content (AvgIpc) is 2.28. The van der Waals surface area contributed by atoms with E-state index in [1.54, 1.807) is 6.92 Å². The standard InChI is InChI=1S/C13H18F3NO/c1-9-3-5-11(6-4-9)7-10(2)17-8-12(18)13(14,15)16/h3-6,10,12,17-18H,7-8H2,1-2H3. The lowest BCUT2D eigenvalue weighted by Gasteiger charge is -2.19. The minimum absolute atomic E-state index is 0.121. The third-order valence-corrected chi connectivity index (χ3v) is 2.70. The highest BCUT2D eigenvalue weighted by Gasteiger charge is 2.37. The summed E-state index contributed by atoms with van der Waals surface area (Å²) in [4.78, 5) is 0. The van der Waals surface area contributed by atoms with Crippen molar-refractivity contribution in [3.05, 3.63) is 35.4 Å². The highest BCUT2D eigenvalue weighted by atomic mass is 19.4. The molecule has 0 aliphatic heterocycles. The quantitative estimate of drug-likeness (QED) is 0.853. The van der Waals surface area contributed by atoms with Crippen molar-refractivity contribution < 1.29 is 18.3 Å². The van der Waals surface area contributed by atoms with E-state index in [9.17, 15) is 13.2 Å². The number of aryl methyl sites for hydroxylation is 1. The monoisotopic (exact) mass is 261 g/mol. The van der Waals surface area contributed by atoms with Gasteiger partial charge in [-0.2, -0.15) is 13.2 Å². The Kier molecular flexibility index (Phi) is 5.16. The molecule has 2 atom stereocenters. The number of hydrogen-bond donors (Lipinski definition) is 2. The van der Waals surface area contributed by atoms with Gasteiger partial charge in [0.1, 0.15) is 0 Å². The second-order valence-electron chi connectivity index (χ2n) is 4.56. The fourth-order valence-electron chi connectivity index (χ4n) is 1.58. The Morgan fingerprint density at radius 3 is 2.28 bits per heavy atom. The van der Waals surface area contributed by atoms with E-state index in [1.807, 2.05) is 31.2 Å². The van der Waals surface area contributed by atoms with Crippen LogP contribution in [0.25, 0.3) is 0 Å². The topological polar surface area (TPSA) is 32.3 Å². The molecule has 102 valence electrons. The Labute approximate surface area is 105 Å². The van der Waals surface area contributed by atoms with Gasteiger partial charge in [-0.25, -0.2) is 0 Å². The lowest BCUT2D eigenvalue weighted by molar-refractivity contribution is -0.202. The predicted molar refractivity (Wildman–Crippen MR) is 64.4 cm³/mol. The molecule has 0 spiro atoms. The minimum atomic E-state index is -4.56. The molecule has 1 aromatic carbocycles. The van der Waals surface area contributed by atoms with Gasteiger partial charge < -0.3 is 10.4 Å². The molecule has 1 aromatic rings. The first-order valence-corrected chi connectivity index (χ1v) is 5.82.